The first kappa shape index (κ1) is 11.9. The van der Waals surface area contributed by atoms with Gasteiger partial charge >= 0.3 is 5.97 Å². The van der Waals surface area contributed by atoms with Crippen LogP contribution in [0.5, 0.6) is 0 Å². The normalized spacial score (nSPS) is 30.7. The molecule has 0 aromatic rings. The zero-order valence-electron chi connectivity index (χ0n) is 8.92. The minimum atomic E-state index is -1.40. The minimum Gasteiger partial charge on any atom is -0.480 e. The highest BCUT2D eigenvalue weighted by Crippen LogP contribution is 2.54. The quantitative estimate of drug-likeness (QED) is 0.720. The number of hydrogen-bond acceptors (Lipinski definition) is 2. The average molecular weight is 217 g/mol. The van der Waals surface area contributed by atoms with Crippen LogP contribution in [-0.4, -0.2) is 29.7 Å². The summed E-state index contributed by atoms with van der Waals surface area (Å²) in [5.74, 6) is -1.83. The van der Waals surface area contributed by atoms with Crippen LogP contribution in [0, 0.1) is 11.3 Å². The number of halogens is 1. The van der Waals surface area contributed by atoms with Gasteiger partial charge in [0.05, 0.1) is 0 Å². The Morgan fingerprint density at radius 2 is 2.27 bits per heavy atom. The molecule has 1 rings (SSSR count). The second-order valence-electron chi connectivity index (χ2n) is 4.32. The lowest BCUT2D eigenvalue weighted by Crippen LogP contribution is -2.43. The number of hydrogen-bond donors (Lipinski definition) is 2. The molecule has 1 aliphatic rings. The molecular formula is C10H16FNO3. The van der Waals surface area contributed by atoms with Crippen LogP contribution in [0.25, 0.3) is 0 Å². The Kier molecular flexibility index (Phi) is 3.31. The van der Waals surface area contributed by atoms with Crippen molar-refractivity contribution in [3.05, 3.63) is 0 Å². The predicted octanol–water partition coefficient (Wildman–Crippen LogP) is 0.962. The average Bonchev–Trinajstić information content (AvgIpc) is 2.87. The first-order valence-corrected chi connectivity index (χ1v) is 5.03. The summed E-state index contributed by atoms with van der Waals surface area (Å²) in [6.45, 7) is 2.89. The number of alkyl halides is 1. The van der Waals surface area contributed by atoms with E-state index in [0.29, 0.717) is 0 Å². The van der Waals surface area contributed by atoms with Crippen molar-refractivity contribution in [2.24, 2.45) is 11.3 Å². The fraction of sp³-hybridized carbons (Fsp3) is 0.800. The van der Waals surface area contributed by atoms with Crippen LogP contribution in [0.2, 0.25) is 0 Å². The smallest absolute Gasteiger partial charge is 0.328 e. The van der Waals surface area contributed by atoms with Crippen molar-refractivity contribution in [3.8, 4) is 0 Å². The molecule has 1 aliphatic carbocycles. The van der Waals surface area contributed by atoms with Gasteiger partial charge in [-0.05, 0) is 18.3 Å². The number of carbonyl (C=O) groups excluding carboxylic acids is 1. The molecule has 0 radical (unpaired) electrons. The van der Waals surface area contributed by atoms with Gasteiger partial charge in [-0.15, -0.1) is 0 Å². The molecule has 15 heavy (non-hydrogen) atoms. The molecule has 0 aliphatic heterocycles. The van der Waals surface area contributed by atoms with Gasteiger partial charge in [0.2, 0.25) is 5.91 Å². The number of rotatable bonds is 5. The highest BCUT2D eigenvalue weighted by molar-refractivity contribution is 5.87. The van der Waals surface area contributed by atoms with E-state index in [1.807, 2.05) is 13.8 Å². The van der Waals surface area contributed by atoms with Crippen molar-refractivity contribution in [2.45, 2.75) is 32.7 Å². The number of carboxylic acid groups (broad SMARTS) is 1. The topological polar surface area (TPSA) is 66.4 Å². The molecule has 0 aromatic carbocycles. The van der Waals surface area contributed by atoms with Gasteiger partial charge in [-0.1, -0.05) is 13.8 Å². The fourth-order valence-corrected chi connectivity index (χ4v) is 1.65. The lowest BCUT2D eigenvalue weighted by atomic mass is 10.0. The molecule has 86 valence electrons. The Labute approximate surface area is 87.9 Å². The van der Waals surface area contributed by atoms with Crippen LogP contribution in [0.4, 0.5) is 4.39 Å². The van der Waals surface area contributed by atoms with E-state index in [-0.39, 0.29) is 17.2 Å². The third-order valence-corrected chi connectivity index (χ3v) is 3.24. The summed E-state index contributed by atoms with van der Waals surface area (Å²) < 4.78 is 12.2. The molecule has 0 bridgehead atoms. The van der Waals surface area contributed by atoms with Crippen LogP contribution in [-0.2, 0) is 9.59 Å². The number of carbonyl (C=O) groups is 2. The molecule has 4 nitrogen and oxygen atoms in total. The monoisotopic (exact) mass is 217 g/mol. The first-order valence-electron chi connectivity index (χ1n) is 5.03. The molecule has 0 heterocycles. The summed E-state index contributed by atoms with van der Waals surface area (Å²) in [6.07, 6.45) is 1.63. The van der Waals surface area contributed by atoms with E-state index in [9.17, 15) is 14.0 Å². The van der Waals surface area contributed by atoms with Crippen LogP contribution in [0.15, 0.2) is 0 Å². The Morgan fingerprint density at radius 3 is 2.60 bits per heavy atom. The number of carboxylic acids is 1. The predicted molar refractivity (Wildman–Crippen MR) is 52.0 cm³/mol. The van der Waals surface area contributed by atoms with Gasteiger partial charge in [0, 0.05) is 5.92 Å². The summed E-state index contributed by atoms with van der Waals surface area (Å²) in [7, 11) is 0. The Hall–Kier alpha value is -1.13. The van der Waals surface area contributed by atoms with Crippen LogP contribution < -0.4 is 5.32 Å². The van der Waals surface area contributed by atoms with Gasteiger partial charge in [0.15, 0.2) is 6.04 Å². The van der Waals surface area contributed by atoms with Crippen molar-refractivity contribution >= 4 is 11.9 Å². The summed E-state index contributed by atoms with van der Waals surface area (Å²) >= 11 is 0. The summed E-state index contributed by atoms with van der Waals surface area (Å²) in [5.41, 5.74) is -0.0244. The molecule has 1 amide bonds. The maximum atomic E-state index is 12.2. The lowest BCUT2D eigenvalue weighted by molar-refractivity contribution is -0.142. The molecule has 3 unspecified atom stereocenters. The molecule has 0 aromatic heterocycles. The van der Waals surface area contributed by atoms with Gasteiger partial charge in [-0.25, -0.2) is 9.18 Å². The summed E-state index contributed by atoms with van der Waals surface area (Å²) in [5, 5.41) is 10.8. The number of amides is 1. The van der Waals surface area contributed by atoms with Crippen molar-refractivity contribution in [1.29, 1.82) is 0 Å². The number of aliphatic carboxylic acids is 1. The van der Waals surface area contributed by atoms with Crippen LogP contribution in [0.3, 0.4) is 0 Å². The van der Waals surface area contributed by atoms with Crippen LogP contribution in [0.1, 0.15) is 26.7 Å². The lowest BCUT2D eigenvalue weighted by Gasteiger charge is -2.12. The van der Waals surface area contributed by atoms with Crippen molar-refractivity contribution in [3.63, 3.8) is 0 Å². The highest BCUT2D eigenvalue weighted by Gasteiger charge is 2.53. The molecule has 0 saturated heterocycles. The zero-order chi connectivity index (χ0) is 11.6. The van der Waals surface area contributed by atoms with Gasteiger partial charge in [-0.2, -0.15) is 0 Å². The van der Waals surface area contributed by atoms with Gasteiger partial charge < -0.3 is 10.4 Å². The van der Waals surface area contributed by atoms with Crippen molar-refractivity contribution in [2.75, 3.05) is 6.67 Å². The Morgan fingerprint density at radius 1 is 1.67 bits per heavy atom. The Bertz CT molecular complexity index is 282. The highest BCUT2D eigenvalue weighted by atomic mass is 19.1. The Balaban J connectivity index is 2.47. The molecule has 1 fully saturated rings. The van der Waals surface area contributed by atoms with E-state index < -0.39 is 18.7 Å². The first-order chi connectivity index (χ1) is 6.94. The largest absolute Gasteiger partial charge is 0.480 e. The van der Waals surface area contributed by atoms with Gasteiger partial charge in [-0.3, -0.25) is 4.79 Å². The fourth-order valence-electron chi connectivity index (χ4n) is 1.65. The molecule has 3 atom stereocenters. The molecule has 1 saturated carbocycles. The van der Waals surface area contributed by atoms with E-state index in [0.717, 1.165) is 12.8 Å². The van der Waals surface area contributed by atoms with Gasteiger partial charge in [0.25, 0.3) is 0 Å². The molecule has 5 heteroatoms. The number of nitrogens with one attached hydrogen (secondary N) is 1. The SMILES string of the molecule is CCC1(C)CC1C(=O)NC(CF)C(=O)O. The van der Waals surface area contributed by atoms with Crippen molar-refractivity contribution < 1.29 is 19.1 Å². The standard InChI is InChI=1S/C10H16FNO3/c1-3-10(2)4-6(10)8(13)12-7(5-11)9(14)15/h6-7H,3-5H2,1-2H3,(H,12,13)(H,14,15). The molecule has 0 spiro atoms. The van der Waals surface area contributed by atoms with E-state index >= 15 is 0 Å². The second-order valence-corrected chi connectivity index (χ2v) is 4.32. The van der Waals surface area contributed by atoms with E-state index in [2.05, 4.69) is 5.32 Å². The van der Waals surface area contributed by atoms with Gasteiger partial charge in [0.1, 0.15) is 6.67 Å². The summed E-state index contributed by atoms with van der Waals surface area (Å²) in [6, 6.07) is -1.40. The van der Waals surface area contributed by atoms with Crippen molar-refractivity contribution in [1.82, 2.24) is 5.32 Å². The zero-order valence-corrected chi connectivity index (χ0v) is 8.92. The minimum absolute atomic E-state index is 0.0244. The maximum absolute atomic E-state index is 12.2. The van der Waals surface area contributed by atoms with E-state index in [4.69, 9.17) is 5.11 Å². The van der Waals surface area contributed by atoms with E-state index in [1.54, 1.807) is 0 Å². The maximum Gasteiger partial charge on any atom is 0.328 e. The van der Waals surface area contributed by atoms with Crippen LogP contribution >= 0.6 is 0 Å². The van der Waals surface area contributed by atoms with E-state index in [1.165, 1.54) is 0 Å². The summed E-state index contributed by atoms with van der Waals surface area (Å²) in [4.78, 5) is 22.0. The third-order valence-electron chi connectivity index (χ3n) is 3.24. The molecule has 2 N–H and O–H groups in total. The molecular weight excluding hydrogens is 201 g/mol. The third kappa shape index (κ3) is 2.46. The second kappa shape index (κ2) is 4.16.